The second-order valence-corrected chi connectivity index (χ2v) is 10.2. The van der Waals surface area contributed by atoms with Gasteiger partial charge in [-0.2, -0.15) is 5.26 Å². The van der Waals surface area contributed by atoms with Crippen molar-refractivity contribution in [3.05, 3.63) is 29.3 Å². The summed E-state index contributed by atoms with van der Waals surface area (Å²) in [5, 5.41) is 19.6. The molecule has 0 bridgehead atoms. The summed E-state index contributed by atoms with van der Waals surface area (Å²) >= 11 is 0. The van der Waals surface area contributed by atoms with Gasteiger partial charge in [-0.15, -0.1) is 0 Å². The summed E-state index contributed by atoms with van der Waals surface area (Å²) in [5.41, 5.74) is 1.37. The van der Waals surface area contributed by atoms with Crippen molar-refractivity contribution in [1.29, 1.82) is 5.26 Å². The van der Waals surface area contributed by atoms with E-state index in [1.54, 1.807) is 12.1 Å². The molecule has 2 aliphatic carbocycles. The van der Waals surface area contributed by atoms with Crippen LogP contribution in [0.1, 0.15) is 90.0 Å². The summed E-state index contributed by atoms with van der Waals surface area (Å²) in [4.78, 5) is 13.0. The SMILES string of the molecule is CC1=CC[C@@H]2[C@@H](C1)c1c(O)cc(OC(=O)C3(CCCCC#N)CCC3)cc1OC2(C)C. The number of hydrogen-bond acceptors (Lipinski definition) is 5. The van der Waals surface area contributed by atoms with E-state index in [1.807, 2.05) is 0 Å². The highest BCUT2D eigenvalue weighted by atomic mass is 16.5. The summed E-state index contributed by atoms with van der Waals surface area (Å²) in [6, 6.07) is 5.51. The molecule has 0 spiro atoms. The fraction of sp³-hybridized carbons (Fsp3) is 0.615. The highest BCUT2D eigenvalue weighted by Crippen LogP contribution is 2.55. The number of nitriles is 1. The maximum Gasteiger partial charge on any atom is 0.317 e. The van der Waals surface area contributed by atoms with Crippen LogP contribution in [-0.2, 0) is 4.79 Å². The molecule has 1 heterocycles. The Balaban J connectivity index is 1.55. The fourth-order valence-electron chi connectivity index (χ4n) is 5.64. The molecule has 1 N–H and O–H groups in total. The number of allylic oxidation sites excluding steroid dienone is 2. The van der Waals surface area contributed by atoms with Crippen molar-refractivity contribution < 1.29 is 19.4 Å². The van der Waals surface area contributed by atoms with Crippen LogP contribution < -0.4 is 9.47 Å². The Bertz CT molecular complexity index is 935. The smallest absolute Gasteiger partial charge is 0.317 e. The Kier molecular flexibility index (Phi) is 5.77. The molecule has 5 heteroatoms. The Morgan fingerprint density at radius 1 is 1.32 bits per heavy atom. The van der Waals surface area contributed by atoms with Gasteiger partial charge in [0.1, 0.15) is 22.8 Å². The Morgan fingerprint density at radius 2 is 2.10 bits per heavy atom. The minimum Gasteiger partial charge on any atom is -0.507 e. The number of hydrogen-bond donors (Lipinski definition) is 1. The van der Waals surface area contributed by atoms with Gasteiger partial charge >= 0.3 is 5.97 Å². The van der Waals surface area contributed by atoms with Crippen molar-refractivity contribution in [2.24, 2.45) is 11.3 Å². The number of phenolic OH excluding ortho intramolecular Hbond substituents is 1. The van der Waals surface area contributed by atoms with Crippen LogP contribution in [0.4, 0.5) is 0 Å². The fourth-order valence-corrected chi connectivity index (χ4v) is 5.64. The first-order valence-electron chi connectivity index (χ1n) is 11.6. The lowest BCUT2D eigenvalue weighted by molar-refractivity contribution is -0.152. The molecular weight excluding hydrogens is 390 g/mol. The average Bonchev–Trinajstić information content (AvgIpc) is 2.65. The van der Waals surface area contributed by atoms with Crippen molar-refractivity contribution in [3.8, 4) is 23.3 Å². The quantitative estimate of drug-likeness (QED) is 0.256. The van der Waals surface area contributed by atoms with Gasteiger partial charge in [-0.3, -0.25) is 4.79 Å². The predicted octanol–water partition coefficient (Wildman–Crippen LogP) is 6.16. The van der Waals surface area contributed by atoms with Crippen molar-refractivity contribution in [3.63, 3.8) is 0 Å². The van der Waals surface area contributed by atoms with E-state index in [9.17, 15) is 9.90 Å². The third-order valence-corrected chi connectivity index (χ3v) is 7.63. The van der Waals surface area contributed by atoms with Gasteiger partial charge in [0.2, 0.25) is 0 Å². The van der Waals surface area contributed by atoms with Gasteiger partial charge in [0, 0.05) is 36.0 Å². The van der Waals surface area contributed by atoms with E-state index < -0.39 is 5.41 Å². The maximum absolute atomic E-state index is 13.0. The second-order valence-electron chi connectivity index (χ2n) is 10.2. The standard InChI is InChI=1S/C26H33NO4/c1-17-8-9-20-19(14-17)23-21(28)15-18(16-22(23)31-25(20,2)3)30-24(29)26(11-7-12-26)10-5-4-6-13-27/h8,15-16,19-20,28H,4-7,9-12,14H2,1-3H3/t19-,20-/m1/s1. The highest BCUT2D eigenvalue weighted by molar-refractivity contribution is 5.80. The Hall–Kier alpha value is -2.48. The monoisotopic (exact) mass is 423 g/mol. The molecule has 166 valence electrons. The third kappa shape index (κ3) is 4.05. The zero-order valence-electron chi connectivity index (χ0n) is 18.9. The number of aromatic hydroxyl groups is 1. The molecular formula is C26H33NO4. The molecule has 31 heavy (non-hydrogen) atoms. The van der Waals surface area contributed by atoms with E-state index in [-0.39, 0.29) is 23.2 Å². The molecule has 0 aromatic heterocycles. The molecule has 3 aliphatic rings. The maximum atomic E-state index is 13.0. The summed E-state index contributed by atoms with van der Waals surface area (Å²) in [5.74, 6) is 1.40. The van der Waals surface area contributed by atoms with Crippen molar-refractivity contribution in [1.82, 2.24) is 0 Å². The molecule has 1 aromatic rings. The van der Waals surface area contributed by atoms with E-state index in [0.29, 0.717) is 23.8 Å². The third-order valence-electron chi connectivity index (χ3n) is 7.63. The van der Waals surface area contributed by atoms with Gasteiger partial charge in [0.15, 0.2) is 0 Å². The lowest BCUT2D eigenvalue weighted by atomic mass is 9.66. The van der Waals surface area contributed by atoms with Crippen LogP contribution in [0.15, 0.2) is 23.8 Å². The van der Waals surface area contributed by atoms with Gasteiger partial charge in [-0.1, -0.05) is 24.5 Å². The van der Waals surface area contributed by atoms with E-state index in [2.05, 4.69) is 32.9 Å². The number of ether oxygens (including phenoxy) is 2. The largest absolute Gasteiger partial charge is 0.507 e. The van der Waals surface area contributed by atoms with E-state index in [4.69, 9.17) is 14.7 Å². The highest BCUT2D eigenvalue weighted by Gasteiger charge is 2.47. The molecule has 1 saturated carbocycles. The predicted molar refractivity (Wildman–Crippen MR) is 118 cm³/mol. The van der Waals surface area contributed by atoms with Crippen LogP contribution in [0.3, 0.4) is 0 Å². The molecule has 4 rings (SSSR count). The van der Waals surface area contributed by atoms with E-state index >= 15 is 0 Å². The number of carbonyl (C=O) groups excluding carboxylic acids is 1. The molecule has 5 nitrogen and oxygen atoms in total. The summed E-state index contributed by atoms with van der Waals surface area (Å²) in [6.07, 6.45) is 9.74. The number of nitrogens with zero attached hydrogens (tertiary/aromatic N) is 1. The first-order chi connectivity index (χ1) is 14.8. The van der Waals surface area contributed by atoms with Crippen LogP contribution in [0, 0.1) is 22.7 Å². The first-order valence-corrected chi connectivity index (χ1v) is 11.6. The number of rotatable bonds is 6. The van der Waals surface area contributed by atoms with Crippen LogP contribution in [-0.4, -0.2) is 16.7 Å². The number of fused-ring (bicyclic) bond motifs is 3. The van der Waals surface area contributed by atoms with E-state index in [0.717, 1.165) is 56.9 Å². The second kappa shape index (κ2) is 8.22. The normalized spacial score (nSPS) is 25.0. The van der Waals surface area contributed by atoms with Crippen molar-refractivity contribution >= 4 is 5.97 Å². The molecule has 0 amide bonds. The summed E-state index contributed by atoms with van der Waals surface area (Å²) < 4.78 is 12.1. The van der Waals surface area contributed by atoms with Crippen molar-refractivity contribution in [2.45, 2.75) is 90.1 Å². The number of phenols is 1. The van der Waals surface area contributed by atoms with Crippen LogP contribution in [0.5, 0.6) is 17.2 Å². The number of esters is 1. The van der Waals surface area contributed by atoms with Crippen LogP contribution in [0.25, 0.3) is 0 Å². The van der Waals surface area contributed by atoms with Crippen LogP contribution in [0.2, 0.25) is 0 Å². The minimum atomic E-state index is -0.447. The zero-order valence-corrected chi connectivity index (χ0v) is 18.9. The molecule has 1 fully saturated rings. The number of benzene rings is 1. The van der Waals surface area contributed by atoms with Crippen LogP contribution >= 0.6 is 0 Å². The Morgan fingerprint density at radius 3 is 2.77 bits per heavy atom. The molecule has 1 aromatic carbocycles. The van der Waals surface area contributed by atoms with Gasteiger partial charge in [-0.25, -0.2) is 0 Å². The van der Waals surface area contributed by atoms with E-state index in [1.165, 1.54) is 5.57 Å². The van der Waals surface area contributed by atoms with Gasteiger partial charge in [0.05, 0.1) is 11.5 Å². The number of carbonyl (C=O) groups is 1. The lowest BCUT2D eigenvalue weighted by Gasteiger charge is -2.47. The van der Waals surface area contributed by atoms with Crippen molar-refractivity contribution in [2.75, 3.05) is 0 Å². The van der Waals surface area contributed by atoms with Gasteiger partial charge < -0.3 is 14.6 Å². The van der Waals surface area contributed by atoms with Gasteiger partial charge in [-0.05, 0) is 59.3 Å². The average molecular weight is 424 g/mol. The summed E-state index contributed by atoms with van der Waals surface area (Å²) in [7, 11) is 0. The molecule has 0 saturated heterocycles. The minimum absolute atomic E-state index is 0.150. The topological polar surface area (TPSA) is 79.5 Å². The lowest BCUT2D eigenvalue weighted by Crippen LogP contribution is -2.45. The molecule has 0 radical (unpaired) electrons. The summed E-state index contributed by atoms with van der Waals surface area (Å²) in [6.45, 7) is 6.34. The van der Waals surface area contributed by atoms with Gasteiger partial charge in [0.25, 0.3) is 0 Å². The zero-order chi connectivity index (χ0) is 22.2. The molecule has 0 unspecified atom stereocenters. The molecule has 1 aliphatic heterocycles. The number of unbranched alkanes of at least 4 members (excludes halogenated alkanes) is 2. The first kappa shape index (κ1) is 21.7. The molecule has 2 atom stereocenters. The Labute approximate surface area is 185 Å².